The summed E-state index contributed by atoms with van der Waals surface area (Å²) in [6, 6.07) is 6.23. The number of aliphatic hydroxyl groups is 1. The SMILES string of the molecule is CCC1CCCCC1Oc1ccc2c(c1)CC[C@@H]2O. The fourth-order valence-corrected chi connectivity index (χ4v) is 3.62. The topological polar surface area (TPSA) is 29.5 Å². The number of hydrogen-bond donors (Lipinski definition) is 1. The summed E-state index contributed by atoms with van der Waals surface area (Å²) >= 11 is 0. The molecule has 0 spiro atoms. The first kappa shape index (κ1) is 13.0. The van der Waals surface area contributed by atoms with Gasteiger partial charge >= 0.3 is 0 Å². The van der Waals surface area contributed by atoms with Crippen LogP contribution >= 0.6 is 0 Å². The third kappa shape index (κ3) is 2.64. The van der Waals surface area contributed by atoms with Gasteiger partial charge in [0.2, 0.25) is 0 Å². The number of aryl methyl sites for hydroxylation is 1. The first-order chi connectivity index (χ1) is 9.28. The minimum atomic E-state index is -0.262. The number of rotatable bonds is 3. The quantitative estimate of drug-likeness (QED) is 0.889. The van der Waals surface area contributed by atoms with Crippen LogP contribution in [0.2, 0.25) is 0 Å². The first-order valence-electron chi connectivity index (χ1n) is 7.75. The van der Waals surface area contributed by atoms with Crippen LogP contribution in [-0.4, -0.2) is 11.2 Å². The van der Waals surface area contributed by atoms with E-state index in [4.69, 9.17) is 4.74 Å². The maximum atomic E-state index is 9.83. The zero-order valence-electron chi connectivity index (χ0n) is 11.8. The second-order valence-electron chi connectivity index (χ2n) is 6.02. The zero-order chi connectivity index (χ0) is 13.2. The van der Waals surface area contributed by atoms with Gasteiger partial charge in [-0.05, 0) is 67.7 Å². The molecule has 1 aromatic carbocycles. The molecule has 2 aliphatic rings. The Morgan fingerprint density at radius 1 is 1.21 bits per heavy atom. The van der Waals surface area contributed by atoms with E-state index in [-0.39, 0.29) is 6.10 Å². The van der Waals surface area contributed by atoms with Gasteiger partial charge in [0.25, 0.3) is 0 Å². The van der Waals surface area contributed by atoms with Gasteiger partial charge in [-0.3, -0.25) is 0 Å². The van der Waals surface area contributed by atoms with E-state index in [0.29, 0.717) is 12.0 Å². The lowest BCUT2D eigenvalue weighted by Crippen LogP contribution is -2.29. The number of fused-ring (bicyclic) bond motifs is 1. The van der Waals surface area contributed by atoms with E-state index in [1.165, 1.54) is 37.7 Å². The Balaban J connectivity index is 1.73. The Labute approximate surface area is 115 Å². The highest BCUT2D eigenvalue weighted by Crippen LogP contribution is 2.35. The number of hydrogen-bond acceptors (Lipinski definition) is 2. The van der Waals surface area contributed by atoms with Gasteiger partial charge in [0.1, 0.15) is 11.9 Å². The van der Waals surface area contributed by atoms with Crippen molar-refractivity contribution < 1.29 is 9.84 Å². The summed E-state index contributed by atoms with van der Waals surface area (Å²) in [5.74, 6) is 1.71. The number of ether oxygens (including phenoxy) is 1. The fraction of sp³-hybridized carbons (Fsp3) is 0.647. The van der Waals surface area contributed by atoms with Crippen LogP contribution in [0.5, 0.6) is 5.75 Å². The third-order valence-corrected chi connectivity index (χ3v) is 4.81. The molecular formula is C17H24O2. The second-order valence-corrected chi connectivity index (χ2v) is 6.02. The van der Waals surface area contributed by atoms with Crippen molar-refractivity contribution in [3.63, 3.8) is 0 Å². The van der Waals surface area contributed by atoms with E-state index in [1.807, 2.05) is 12.1 Å². The monoisotopic (exact) mass is 260 g/mol. The lowest BCUT2D eigenvalue weighted by molar-refractivity contribution is 0.0903. The Hall–Kier alpha value is -1.02. The molecule has 19 heavy (non-hydrogen) atoms. The number of aliphatic hydroxyl groups excluding tert-OH is 1. The van der Waals surface area contributed by atoms with E-state index >= 15 is 0 Å². The van der Waals surface area contributed by atoms with Crippen LogP contribution in [0.25, 0.3) is 0 Å². The minimum Gasteiger partial charge on any atom is -0.490 e. The van der Waals surface area contributed by atoms with E-state index in [1.54, 1.807) is 0 Å². The van der Waals surface area contributed by atoms with E-state index in [2.05, 4.69) is 13.0 Å². The maximum Gasteiger partial charge on any atom is 0.120 e. The average molecular weight is 260 g/mol. The summed E-state index contributed by atoms with van der Waals surface area (Å²) in [5, 5.41) is 9.83. The van der Waals surface area contributed by atoms with Gasteiger partial charge in [0.15, 0.2) is 0 Å². The Kier molecular flexibility index (Phi) is 3.79. The molecule has 1 saturated carbocycles. The summed E-state index contributed by atoms with van der Waals surface area (Å²) < 4.78 is 6.24. The van der Waals surface area contributed by atoms with Gasteiger partial charge in [-0.25, -0.2) is 0 Å². The van der Waals surface area contributed by atoms with Gasteiger partial charge in [0, 0.05) is 0 Å². The van der Waals surface area contributed by atoms with Crippen molar-refractivity contribution in [1.82, 2.24) is 0 Å². The molecule has 1 N–H and O–H groups in total. The first-order valence-corrected chi connectivity index (χ1v) is 7.75. The van der Waals surface area contributed by atoms with Crippen molar-refractivity contribution in [2.24, 2.45) is 5.92 Å². The molecule has 2 heteroatoms. The Bertz CT molecular complexity index is 441. The maximum absolute atomic E-state index is 9.83. The highest BCUT2D eigenvalue weighted by Gasteiger charge is 2.26. The molecule has 2 unspecified atom stereocenters. The van der Waals surface area contributed by atoms with E-state index < -0.39 is 0 Å². The van der Waals surface area contributed by atoms with Crippen molar-refractivity contribution in [3.05, 3.63) is 29.3 Å². The van der Waals surface area contributed by atoms with Crippen LogP contribution in [0.15, 0.2) is 18.2 Å². The molecule has 0 aromatic heterocycles. The normalized spacial score (nSPS) is 30.1. The molecule has 104 valence electrons. The summed E-state index contributed by atoms with van der Waals surface area (Å²) in [7, 11) is 0. The Morgan fingerprint density at radius 3 is 2.89 bits per heavy atom. The third-order valence-electron chi connectivity index (χ3n) is 4.81. The molecule has 3 atom stereocenters. The van der Waals surface area contributed by atoms with Crippen LogP contribution in [0.1, 0.15) is 62.7 Å². The smallest absolute Gasteiger partial charge is 0.120 e. The average Bonchev–Trinajstić information content (AvgIpc) is 2.81. The van der Waals surface area contributed by atoms with Crippen molar-refractivity contribution in [1.29, 1.82) is 0 Å². The summed E-state index contributed by atoms with van der Waals surface area (Å²) in [6.07, 6.45) is 8.34. The predicted molar refractivity (Wildman–Crippen MR) is 76.4 cm³/mol. The van der Waals surface area contributed by atoms with Gasteiger partial charge in [0.05, 0.1) is 6.10 Å². The minimum absolute atomic E-state index is 0.262. The van der Waals surface area contributed by atoms with Crippen molar-refractivity contribution in [2.45, 2.75) is 64.1 Å². The Morgan fingerprint density at radius 2 is 2.05 bits per heavy atom. The largest absolute Gasteiger partial charge is 0.490 e. The van der Waals surface area contributed by atoms with Crippen molar-refractivity contribution in [2.75, 3.05) is 0 Å². The van der Waals surface area contributed by atoms with Crippen LogP contribution in [0.4, 0.5) is 0 Å². The number of benzene rings is 1. The molecule has 2 aliphatic carbocycles. The summed E-state index contributed by atoms with van der Waals surface area (Å²) in [5.41, 5.74) is 2.37. The molecule has 0 saturated heterocycles. The predicted octanol–water partition coefficient (Wildman–Crippen LogP) is 4.01. The summed E-state index contributed by atoms with van der Waals surface area (Å²) in [6.45, 7) is 2.27. The van der Waals surface area contributed by atoms with Crippen LogP contribution in [-0.2, 0) is 6.42 Å². The molecule has 0 aliphatic heterocycles. The van der Waals surface area contributed by atoms with Crippen molar-refractivity contribution in [3.8, 4) is 5.75 Å². The van der Waals surface area contributed by atoms with Gasteiger partial charge in [-0.1, -0.05) is 19.4 Å². The molecule has 1 fully saturated rings. The molecule has 3 rings (SSSR count). The highest BCUT2D eigenvalue weighted by molar-refractivity contribution is 5.40. The van der Waals surface area contributed by atoms with Crippen LogP contribution < -0.4 is 4.74 Å². The lowest BCUT2D eigenvalue weighted by atomic mass is 9.85. The van der Waals surface area contributed by atoms with E-state index in [9.17, 15) is 5.11 Å². The van der Waals surface area contributed by atoms with E-state index in [0.717, 1.165) is 24.2 Å². The van der Waals surface area contributed by atoms with Gasteiger partial charge in [-0.2, -0.15) is 0 Å². The standard InChI is InChI=1S/C17H24O2/c1-2-12-5-3-4-6-17(12)19-14-8-9-15-13(11-14)7-10-16(15)18/h8-9,11-12,16-18H,2-7,10H2,1H3/t12?,16-,17?/m0/s1. The molecule has 0 heterocycles. The van der Waals surface area contributed by atoms with Crippen LogP contribution in [0.3, 0.4) is 0 Å². The molecule has 0 amide bonds. The molecular weight excluding hydrogens is 236 g/mol. The fourth-order valence-electron chi connectivity index (χ4n) is 3.62. The molecule has 0 radical (unpaired) electrons. The van der Waals surface area contributed by atoms with Gasteiger partial charge in [-0.15, -0.1) is 0 Å². The second kappa shape index (κ2) is 5.54. The molecule has 2 nitrogen and oxygen atoms in total. The van der Waals surface area contributed by atoms with Gasteiger partial charge < -0.3 is 9.84 Å². The molecule has 0 bridgehead atoms. The lowest BCUT2D eigenvalue weighted by Gasteiger charge is -2.31. The summed E-state index contributed by atoms with van der Waals surface area (Å²) in [4.78, 5) is 0. The van der Waals surface area contributed by atoms with Crippen molar-refractivity contribution >= 4 is 0 Å². The van der Waals surface area contributed by atoms with Crippen LogP contribution in [0, 0.1) is 5.92 Å². The zero-order valence-corrected chi connectivity index (χ0v) is 11.8. The molecule has 1 aromatic rings. The highest BCUT2D eigenvalue weighted by atomic mass is 16.5.